The summed E-state index contributed by atoms with van der Waals surface area (Å²) in [6.07, 6.45) is 3.68. The van der Waals surface area contributed by atoms with Gasteiger partial charge in [-0.2, -0.15) is 4.31 Å². The van der Waals surface area contributed by atoms with Crippen LogP contribution in [0, 0.1) is 0 Å². The van der Waals surface area contributed by atoms with Gasteiger partial charge in [-0.15, -0.1) is 11.3 Å². The molecule has 1 fully saturated rings. The molecule has 1 unspecified atom stereocenters. The number of benzene rings is 2. The number of rotatable bonds is 10. The van der Waals surface area contributed by atoms with Gasteiger partial charge >= 0.3 is 5.97 Å². The van der Waals surface area contributed by atoms with Crippen LogP contribution in [0.4, 0.5) is 5.95 Å². The van der Waals surface area contributed by atoms with Crippen molar-refractivity contribution in [3.63, 3.8) is 0 Å². The second kappa shape index (κ2) is 12.9. The number of nitrogens with zero attached hydrogens (tertiary/aromatic N) is 5. The molecule has 4 heterocycles. The molecule has 0 bridgehead atoms. The number of sulfonamides is 1. The first-order valence-electron chi connectivity index (χ1n) is 14.1. The van der Waals surface area contributed by atoms with Gasteiger partial charge < -0.3 is 25.4 Å². The van der Waals surface area contributed by atoms with Crippen molar-refractivity contribution in [2.24, 2.45) is 0 Å². The number of carbonyl (C=O) groups is 1. The smallest absolute Gasteiger partial charge is 0.338 e. The lowest BCUT2D eigenvalue weighted by Crippen LogP contribution is -2.45. The molecule has 2 aromatic carbocycles. The third-order valence-electron chi connectivity index (χ3n) is 7.34. The summed E-state index contributed by atoms with van der Waals surface area (Å²) < 4.78 is 35.2. The molecule has 4 N–H and O–H groups in total. The van der Waals surface area contributed by atoms with Crippen LogP contribution in [-0.2, 0) is 14.8 Å². The van der Waals surface area contributed by atoms with Gasteiger partial charge in [-0.1, -0.05) is 12.1 Å². The number of piperidine rings is 1. The third kappa shape index (κ3) is 6.53. The molecule has 1 aliphatic rings. The molecule has 0 saturated carbocycles. The SMILES string of the molecule is O=C(OCC(O)CO)c1ccc(S(=O)(=O)N2CCC[C@@H](Nc3nccc(-c4c(-c5cccc(O)c5)nc5sccn45)n3)C2)cc1. The van der Waals surface area contributed by atoms with Gasteiger partial charge in [0.05, 0.1) is 28.5 Å². The number of nitrogens with one attached hydrogen (secondary N) is 1. The molecule has 5 aromatic rings. The number of anilines is 1. The van der Waals surface area contributed by atoms with E-state index >= 15 is 0 Å². The fraction of sp³-hybridized carbons (Fsp3) is 0.267. The number of aromatic nitrogens is 4. The summed E-state index contributed by atoms with van der Waals surface area (Å²) in [5.74, 6) is -0.260. The van der Waals surface area contributed by atoms with Crippen molar-refractivity contribution >= 4 is 38.2 Å². The second-order valence-electron chi connectivity index (χ2n) is 10.5. The Morgan fingerprint density at radius 1 is 1.16 bits per heavy atom. The lowest BCUT2D eigenvalue weighted by atomic mass is 10.1. The molecule has 1 aliphatic heterocycles. The first kappa shape index (κ1) is 30.6. The Balaban J connectivity index is 1.18. The number of aromatic hydroxyl groups is 1. The van der Waals surface area contributed by atoms with Crippen LogP contribution in [0.5, 0.6) is 5.75 Å². The number of ether oxygens (including phenoxy) is 1. The molecule has 234 valence electrons. The molecule has 45 heavy (non-hydrogen) atoms. The Morgan fingerprint density at radius 3 is 2.76 bits per heavy atom. The zero-order valence-electron chi connectivity index (χ0n) is 23.9. The van der Waals surface area contributed by atoms with Crippen LogP contribution in [0.15, 0.2) is 77.3 Å². The number of thiazole rings is 1. The van der Waals surface area contributed by atoms with E-state index in [4.69, 9.17) is 19.8 Å². The van der Waals surface area contributed by atoms with Crippen molar-refractivity contribution in [2.45, 2.75) is 29.9 Å². The topological polar surface area (TPSA) is 179 Å². The van der Waals surface area contributed by atoms with Gasteiger partial charge in [0.15, 0.2) is 4.96 Å². The van der Waals surface area contributed by atoms with Gasteiger partial charge in [0.2, 0.25) is 16.0 Å². The molecule has 15 heteroatoms. The third-order valence-corrected chi connectivity index (χ3v) is 9.98. The Morgan fingerprint density at radius 2 is 1.98 bits per heavy atom. The predicted molar refractivity (Wildman–Crippen MR) is 166 cm³/mol. The molecule has 0 amide bonds. The van der Waals surface area contributed by atoms with Crippen LogP contribution >= 0.6 is 11.3 Å². The minimum atomic E-state index is -3.86. The molecular formula is C30H30N6O7S2. The number of aliphatic hydroxyl groups is 2. The average Bonchev–Trinajstić information content (AvgIpc) is 3.66. The number of hydrogen-bond acceptors (Lipinski definition) is 12. The van der Waals surface area contributed by atoms with Gasteiger partial charge in [0, 0.05) is 42.5 Å². The molecule has 0 aliphatic carbocycles. The van der Waals surface area contributed by atoms with Gasteiger partial charge in [-0.3, -0.25) is 4.40 Å². The fourth-order valence-corrected chi connectivity index (χ4v) is 7.36. The zero-order chi connectivity index (χ0) is 31.6. The van der Waals surface area contributed by atoms with E-state index in [1.807, 2.05) is 22.0 Å². The van der Waals surface area contributed by atoms with E-state index in [2.05, 4.69) is 10.3 Å². The average molecular weight is 651 g/mol. The highest BCUT2D eigenvalue weighted by Gasteiger charge is 2.31. The largest absolute Gasteiger partial charge is 0.508 e. The second-order valence-corrected chi connectivity index (χ2v) is 13.3. The highest BCUT2D eigenvalue weighted by Crippen LogP contribution is 2.35. The molecule has 0 spiro atoms. The van der Waals surface area contributed by atoms with Gasteiger partial charge in [-0.25, -0.2) is 28.2 Å². The van der Waals surface area contributed by atoms with Crippen molar-refractivity contribution in [1.82, 2.24) is 23.7 Å². The molecular weight excluding hydrogens is 620 g/mol. The minimum absolute atomic E-state index is 0.0355. The first-order valence-corrected chi connectivity index (χ1v) is 16.5. The number of imidazole rings is 1. The van der Waals surface area contributed by atoms with Crippen molar-refractivity contribution in [2.75, 3.05) is 31.6 Å². The number of aliphatic hydroxyl groups excluding tert-OH is 2. The Kier molecular flexibility index (Phi) is 8.78. The number of hydrogen-bond donors (Lipinski definition) is 4. The maximum atomic E-state index is 13.5. The Labute approximate surface area is 262 Å². The lowest BCUT2D eigenvalue weighted by molar-refractivity contribution is 0.00932. The highest BCUT2D eigenvalue weighted by molar-refractivity contribution is 7.89. The number of carbonyl (C=O) groups excluding carboxylic acids is 1. The van der Waals surface area contributed by atoms with E-state index in [1.54, 1.807) is 30.5 Å². The molecule has 13 nitrogen and oxygen atoms in total. The van der Waals surface area contributed by atoms with Crippen molar-refractivity contribution in [3.8, 4) is 28.4 Å². The Hall–Kier alpha value is -4.41. The number of phenolic OH excluding ortho intramolecular Hbond substituents is 1. The van der Waals surface area contributed by atoms with Gasteiger partial charge in [-0.05, 0) is 55.3 Å². The van der Waals surface area contributed by atoms with Crippen LogP contribution in [-0.4, -0.2) is 91.8 Å². The maximum absolute atomic E-state index is 13.5. The highest BCUT2D eigenvalue weighted by atomic mass is 32.2. The van der Waals surface area contributed by atoms with E-state index in [1.165, 1.54) is 39.9 Å². The van der Waals surface area contributed by atoms with Crippen LogP contribution in [0.1, 0.15) is 23.2 Å². The van der Waals surface area contributed by atoms with E-state index in [0.717, 1.165) is 16.2 Å². The monoisotopic (exact) mass is 650 g/mol. The van der Waals surface area contributed by atoms with Crippen LogP contribution in [0.25, 0.3) is 27.6 Å². The quantitative estimate of drug-likeness (QED) is 0.163. The van der Waals surface area contributed by atoms with Crippen LogP contribution in [0.3, 0.4) is 0 Å². The summed E-state index contributed by atoms with van der Waals surface area (Å²) in [6, 6.07) is 13.8. The summed E-state index contributed by atoms with van der Waals surface area (Å²) >= 11 is 1.48. The van der Waals surface area contributed by atoms with Gasteiger partial charge in [0.25, 0.3) is 0 Å². The molecule has 3 aromatic heterocycles. The van der Waals surface area contributed by atoms with E-state index in [0.29, 0.717) is 36.7 Å². The molecule has 2 atom stereocenters. The maximum Gasteiger partial charge on any atom is 0.338 e. The van der Waals surface area contributed by atoms with Crippen LogP contribution in [0.2, 0.25) is 0 Å². The standard InChI is InChI=1S/C30H30N6O7S2/c37-17-23(39)18-43-28(40)19-6-8-24(9-7-19)45(41,42)35-12-2-4-21(16-35)32-29-31-11-10-25(33-29)27-26(20-3-1-5-22(38)15-20)34-30-36(27)13-14-44-30/h1,3,5-11,13-15,21,23,37-39H,2,4,12,16-18H2,(H,31,32,33)/t21-,23?/m1/s1. The fourth-order valence-electron chi connectivity index (χ4n) is 5.13. The van der Waals surface area contributed by atoms with Gasteiger partial charge in [0.1, 0.15) is 24.2 Å². The molecule has 6 rings (SSSR count). The number of phenols is 1. The van der Waals surface area contributed by atoms with Crippen molar-refractivity contribution in [3.05, 3.63) is 77.9 Å². The zero-order valence-corrected chi connectivity index (χ0v) is 25.5. The Bertz CT molecular complexity index is 1930. The lowest BCUT2D eigenvalue weighted by Gasteiger charge is -2.32. The summed E-state index contributed by atoms with van der Waals surface area (Å²) in [7, 11) is -3.86. The molecule has 0 radical (unpaired) electrons. The first-order chi connectivity index (χ1) is 21.7. The predicted octanol–water partition coefficient (Wildman–Crippen LogP) is 3.00. The minimum Gasteiger partial charge on any atom is -0.508 e. The summed E-state index contributed by atoms with van der Waals surface area (Å²) in [5, 5.41) is 33.6. The van der Waals surface area contributed by atoms with Crippen LogP contribution < -0.4 is 5.32 Å². The van der Waals surface area contributed by atoms with Crippen molar-refractivity contribution < 1.29 is 33.3 Å². The van der Waals surface area contributed by atoms with E-state index in [-0.39, 0.29) is 35.4 Å². The summed E-state index contributed by atoms with van der Waals surface area (Å²) in [5.41, 5.74) is 2.89. The summed E-state index contributed by atoms with van der Waals surface area (Å²) in [4.78, 5) is 26.9. The normalized spacial score (nSPS) is 16.4. The molecule has 1 saturated heterocycles. The number of esters is 1. The van der Waals surface area contributed by atoms with E-state index < -0.39 is 28.7 Å². The number of fused-ring (bicyclic) bond motifs is 1. The summed E-state index contributed by atoms with van der Waals surface area (Å²) in [6.45, 7) is -0.389. The van der Waals surface area contributed by atoms with Crippen molar-refractivity contribution in [1.29, 1.82) is 0 Å². The van der Waals surface area contributed by atoms with E-state index in [9.17, 15) is 23.4 Å².